The molecule has 44 heavy (non-hydrogen) atoms. The molecule has 4 rings (SSSR count). The standard InChI is InChI=1S/C33H48NO9P/c1-3-4-5-11-26(35)14-15-27-28-18-23-10-8-13-32(29(23)19-25(28)20-30(27)36)42-22-33(37)41-17-16-34(2)21-24-9-6-7-12-31(24)43-44(38,39)40/h6-10,12-13,25-28,30,35-36H,3-5,11,14-22H2,1-2H3,(H2,38,39,40)/t25-,26-,27+,28-,30+/m0/s1. The fraction of sp³-hybridized carbons (Fsp3) is 0.606. The number of rotatable bonds is 17. The molecule has 2 aromatic carbocycles. The van der Waals surface area contributed by atoms with Crippen LogP contribution in [0.15, 0.2) is 42.5 Å². The van der Waals surface area contributed by atoms with Crippen LogP contribution in [0.2, 0.25) is 0 Å². The number of para-hydroxylation sites is 1. The van der Waals surface area contributed by atoms with Crippen LogP contribution in [0.5, 0.6) is 11.5 Å². The van der Waals surface area contributed by atoms with Gasteiger partial charge in [-0.05, 0) is 86.6 Å². The zero-order valence-electron chi connectivity index (χ0n) is 25.8. The zero-order valence-corrected chi connectivity index (χ0v) is 26.7. The second-order valence-electron chi connectivity index (χ2n) is 12.4. The molecular weight excluding hydrogens is 585 g/mol. The third-order valence-electron chi connectivity index (χ3n) is 9.03. The van der Waals surface area contributed by atoms with E-state index in [1.54, 1.807) is 18.2 Å². The van der Waals surface area contributed by atoms with Crippen molar-refractivity contribution in [2.75, 3.05) is 26.8 Å². The number of phosphoric ester groups is 1. The lowest BCUT2D eigenvalue weighted by atomic mass is 9.73. The Balaban J connectivity index is 1.23. The van der Waals surface area contributed by atoms with Crippen LogP contribution in [0.3, 0.4) is 0 Å². The third-order valence-corrected chi connectivity index (χ3v) is 9.47. The molecular formula is C33H48NO9P. The molecule has 0 saturated heterocycles. The molecule has 10 nitrogen and oxygen atoms in total. The molecule has 4 N–H and O–H groups in total. The summed E-state index contributed by atoms with van der Waals surface area (Å²) in [6, 6.07) is 12.5. The monoisotopic (exact) mass is 633 g/mol. The van der Waals surface area contributed by atoms with Gasteiger partial charge in [0.25, 0.3) is 0 Å². The number of aliphatic hydroxyl groups is 2. The number of hydrogen-bond acceptors (Lipinski definition) is 8. The highest BCUT2D eigenvalue weighted by molar-refractivity contribution is 7.46. The predicted molar refractivity (Wildman–Crippen MR) is 166 cm³/mol. The molecule has 0 spiro atoms. The van der Waals surface area contributed by atoms with Gasteiger partial charge >= 0.3 is 13.8 Å². The summed E-state index contributed by atoms with van der Waals surface area (Å²) >= 11 is 0. The van der Waals surface area contributed by atoms with E-state index in [9.17, 15) is 19.6 Å². The maximum atomic E-state index is 12.5. The number of carbonyl (C=O) groups excluding carboxylic acids is 1. The summed E-state index contributed by atoms with van der Waals surface area (Å²) in [4.78, 5) is 32.6. The van der Waals surface area contributed by atoms with Crippen molar-refractivity contribution in [3.63, 3.8) is 0 Å². The Hall–Kier alpha value is -2.46. The second kappa shape index (κ2) is 16.2. The van der Waals surface area contributed by atoms with Crippen LogP contribution in [0.4, 0.5) is 0 Å². The Morgan fingerprint density at radius 2 is 1.84 bits per heavy atom. The SMILES string of the molecule is CCCCC[C@H](O)CC[C@@H]1[C@H]2Cc3cccc(OCC(=O)OCCN(C)Cc4ccccc4OP(=O)(O)O)c3C[C@H]2C[C@H]1O. The Kier molecular flexibility index (Phi) is 12.7. The van der Waals surface area contributed by atoms with E-state index in [1.165, 1.54) is 11.6 Å². The number of fused-ring (bicyclic) bond motifs is 2. The van der Waals surface area contributed by atoms with Gasteiger partial charge in [0, 0.05) is 18.7 Å². The zero-order chi connectivity index (χ0) is 31.7. The van der Waals surface area contributed by atoms with E-state index in [0.717, 1.165) is 63.4 Å². The first-order chi connectivity index (χ1) is 21.0. The van der Waals surface area contributed by atoms with Crippen molar-refractivity contribution < 1.29 is 43.4 Å². The number of unbranched alkanes of at least 4 members (excludes halogenated alkanes) is 2. The predicted octanol–water partition coefficient (Wildman–Crippen LogP) is 4.65. The fourth-order valence-electron chi connectivity index (χ4n) is 6.81. The highest BCUT2D eigenvalue weighted by atomic mass is 31.2. The summed E-state index contributed by atoms with van der Waals surface area (Å²) < 4.78 is 27.3. The number of likely N-dealkylation sites (N-methyl/N-ethyl adjacent to an activating group) is 1. The Labute approximate surface area is 260 Å². The lowest BCUT2D eigenvalue weighted by molar-refractivity contribution is -0.146. The van der Waals surface area contributed by atoms with Crippen LogP contribution in [0.1, 0.15) is 68.6 Å². The van der Waals surface area contributed by atoms with E-state index >= 15 is 0 Å². The number of benzene rings is 2. The molecule has 0 unspecified atom stereocenters. The maximum Gasteiger partial charge on any atom is 0.524 e. The summed E-state index contributed by atoms with van der Waals surface area (Å²) in [7, 11) is -2.87. The molecule has 0 heterocycles. The normalized spacial score (nSPS) is 21.9. The smallest absolute Gasteiger partial charge is 0.482 e. The maximum absolute atomic E-state index is 12.5. The van der Waals surface area contributed by atoms with Crippen molar-refractivity contribution in [1.82, 2.24) is 4.90 Å². The third kappa shape index (κ3) is 10.0. The fourth-order valence-corrected chi connectivity index (χ4v) is 7.25. The Bertz CT molecular complexity index is 1270. The van der Waals surface area contributed by atoms with Crippen molar-refractivity contribution in [3.8, 4) is 11.5 Å². The van der Waals surface area contributed by atoms with Gasteiger partial charge in [-0.1, -0.05) is 56.5 Å². The topological polar surface area (TPSA) is 146 Å². The van der Waals surface area contributed by atoms with E-state index < -0.39 is 13.8 Å². The van der Waals surface area contributed by atoms with Crippen molar-refractivity contribution >= 4 is 13.8 Å². The minimum Gasteiger partial charge on any atom is -0.482 e. The summed E-state index contributed by atoms with van der Waals surface area (Å²) in [6.07, 6.45) is 7.51. The molecule has 2 aromatic rings. The number of phosphoric acid groups is 1. The lowest BCUT2D eigenvalue weighted by Gasteiger charge is -2.32. The first kappa shape index (κ1) is 34.4. The summed E-state index contributed by atoms with van der Waals surface area (Å²) in [5.74, 6) is 1.23. The van der Waals surface area contributed by atoms with Crippen molar-refractivity contribution in [3.05, 3.63) is 59.2 Å². The molecule has 0 bridgehead atoms. The van der Waals surface area contributed by atoms with Crippen LogP contribution >= 0.6 is 7.82 Å². The lowest BCUT2D eigenvalue weighted by Crippen LogP contribution is -2.28. The molecule has 244 valence electrons. The molecule has 2 aliphatic carbocycles. The van der Waals surface area contributed by atoms with Crippen molar-refractivity contribution in [2.45, 2.75) is 83.5 Å². The van der Waals surface area contributed by atoms with Crippen LogP contribution in [0.25, 0.3) is 0 Å². The summed E-state index contributed by atoms with van der Waals surface area (Å²) in [6.45, 7) is 2.82. The van der Waals surface area contributed by atoms with E-state index in [4.69, 9.17) is 23.8 Å². The van der Waals surface area contributed by atoms with Crippen LogP contribution in [-0.2, 0) is 33.5 Å². The van der Waals surface area contributed by atoms with Gasteiger partial charge in [0.15, 0.2) is 6.61 Å². The summed E-state index contributed by atoms with van der Waals surface area (Å²) in [5.41, 5.74) is 2.90. The molecule has 0 radical (unpaired) electrons. The average molecular weight is 634 g/mol. The van der Waals surface area contributed by atoms with Crippen LogP contribution in [0, 0.1) is 17.8 Å². The summed E-state index contributed by atoms with van der Waals surface area (Å²) in [5, 5.41) is 21.4. The van der Waals surface area contributed by atoms with Gasteiger partial charge in [-0.25, -0.2) is 9.36 Å². The van der Waals surface area contributed by atoms with Crippen LogP contribution < -0.4 is 9.26 Å². The molecule has 11 heteroatoms. The number of esters is 1. The second-order valence-corrected chi connectivity index (χ2v) is 13.5. The molecule has 0 aromatic heterocycles. The molecule has 5 atom stereocenters. The van der Waals surface area contributed by atoms with E-state index in [0.29, 0.717) is 36.2 Å². The van der Waals surface area contributed by atoms with Gasteiger partial charge in [-0.2, -0.15) is 0 Å². The molecule has 2 aliphatic rings. The van der Waals surface area contributed by atoms with Gasteiger partial charge < -0.3 is 24.2 Å². The first-order valence-electron chi connectivity index (χ1n) is 15.8. The number of aliphatic hydroxyl groups excluding tert-OH is 2. The van der Waals surface area contributed by atoms with Gasteiger partial charge in [-0.15, -0.1) is 0 Å². The largest absolute Gasteiger partial charge is 0.524 e. The molecule has 0 amide bonds. The van der Waals surface area contributed by atoms with E-state index in [1.807, 2.05) is 24.1 Å². The Morgan fingerprint density at radius 3 is 2.61 bits per heavy atom. The van der Waals surface area contributed by atoms with Crippen LogP contribution in [-0.4, -0.2) is 69.9 Å². The van der Waals surface area contributed by atoms with Gasteiger partial charge in [0.1, 0.15) is 18.1 Å². The highest BCUT2D eigenvalue weighted by Crippen LogP contribution is 2.48. The molecule has 1 saturated carbocycles. The number of carbonyl (C=O) groups is 1. The van der Waals surface area contributed by atoms with E-state index in [2.05, 4.69) is 13.0 Å². The van der Waals surface area contributed by atoms with Gasteiger partial charge in [0.2, 0.25) is 0 Å². The minimum absolute atomic E-state index is 0.106. The average Bonchev–Trinajstić information content (AvgIpc) is 3.27. The minimum atomic E-state index is -4.68. The molecule has 1 fully saturated rings. The number of nitrogens with zero attached hydrogens (tertiary/aromatic N) is 1. The highest BCUT2D eigenvalue weighted by Gasteiger charge is 2.44. The van der Waals surface area contributed by atoms with Crippen molar-refractivity contribution in [2.24, 2.45) is 17.8 Å². The van der Waals surface area contributed by atoms with E-state index in [-0.39, 0.29) is 37.1 Å². The molecule has 0 aliphatic heterocycles. The first-order valence-corrected chi connectivity index (χ1v) is 17.3. The van der Waals surface area contributed by atoms with Gasteiger partial charge in [-0.3, -0.25) is 14.7 Å². The Morgan fingerprint density at radius 1 is 1.07 bits per heavy atom. The van der Waals surface area contributed by atoms with Gasteiger partial charge in [0.05, 0.1) is 12.2 Å². The number of ether oxygens (including phenoxy) is 2. The van der Waals surface area contributed by atoms with Crippen molar-refractivity contribution in [1.29, 1.82) is 0 Å². The quantitative estimate of drug-likeness (QED) is 0.110. The number of hydrogen-bond donors (Lipinski definition) is 4.